The highest BCUT2D eigenvalue weighted by molar-refractivity contribution is 6.29. The number of nitrogens with zero attached hydrogens (tertiary/aromatic N) is 2. The fourth-order valence-corrected chi connectivity index (χ4v) is 4.59. The molecule has 2 aromatic heterocycles. The molecule has 1 fully saturated rings. The summed E-state index contributed by atoms with van der Waals surface area (Å²) in [6.07, 6.45) is 4.87. The zero-order valence-corrected chi connectivity index (χ0v) is 20.4. The van der Waals surface area contributed by atoms with Gasteiger partial charge in [-0.3, -0.25) is 9.59 Å². The molecule has 1 N–H and O–H groups in total. The molecule has 0 amide bonds. The lowest BCUT2D eigenvalue weighted by Gasteiger charge is -2.26. The van der Waals surface area contributed by atoms with Gasteiger partial charge < -0.3 is 9.67 Å². The number of carboxylic acids is 1. The summed E-state index contributed by atoms with van der Waals surface area (Å²) in [6, 6.07) is 9.97. The topological polar surface area (TPSA) is 72.2 Å². The number of fused-ring (bicyclic) bond motifs is 1. The van der Waals surface area contributed by atoms with E-state index in [1.807, 2.05) is 6.07 Å². The summed E-state index contributed by atoms with van der Waals surface area (Å²) in [5.74, 6) is -0.381. The average molecular weight is 467 g/mol. The van der Waals surface area contributed by atoms with E-state index >= 15 is 0 Å². The van der Waals surface area contributed by atoms with Crippen molar-refractivity contribution < 1.29 is 14.7 Å². The van der Waals surface area contributed by atoms with Crippen molar-refractivity contribution in [3.63, 3.8) is 0 Å². The van der Waals surface area contributed by atoms with Crippen LogP contribution in [0.1, 0.15) is 80.1 Å². The molecule has 0 bridgehead atoms. The Hall–Kier alpha value is -2.66. The minimum atomic E-state index is -1.01. The van der Waals surface area contributed by atoms with Crippen LogP contribution in [0, 0.1) is 11.3 Å². The molecular weight excluding hydrogens is 436 g/mol. The maximum atomic E-state index is 13.7. The highest BCUT2D eigenvalue weighted by Crippen LogP contribution is 2.39. The number of Topliss-reactive ketones (excluding diaryl/α,β-unsaturated/α-hetero) is 1. The lowest BCUT2D eigenvalue weighted by Crippen LogP contribution is -2.29. The summed E-state index contributed by atoms with van der Waals surface area (Å²) < 4.78 is 2.11. The summed E-state index contributed by atoms with van der Waals surface area (Å²) >= 11 is 5.99. The smallest absolute Gasteiger partial charge is 0.309 e. The van der Waals surface area contributed by atoms with Crippen LogP contribution >= 0.6 is 11.6 Å². The second-order valence-corrected chi connectivity index (χ2v) is 10.6. The summed E-state index contributed by atoms with van der Waals surface area (Å²) in [5, 5.41) is 11.2. The van der Waals surface area contributed by atoms with Crippen molar-refractivity contribution in [2.75, 3.05) is 0 Å². The van der Waals surface area contributed by atoms with Gasteiger partial charge in [0, 0.05) is 47.2 Å². The Bertz CT molecular complexity index is 1200. The van der Waals surface area contributed by atoms with E-state index < -0.39 is 11.4 Å². The van der Waals surface area contributed by atoms with Gasteiger partial charge in [-0.2, -0.15) is 0 Å². The number of carbonyl (C=O) groups excluding carboxylic acids is 1. The third-order valence-electron chi connectivity index (χ3n) is 6.90. The molecule has 6 heteroatoms. The average Bonchev–Trinajstić information content (AvgIpc) is 3.00. The van der Waals surface area contributed by atoms with E-state index in [2.05, 4.69) is 41.6 Å². The second-order valence-electron chi connectivity index (χ2n) is 10.2. The number of ketones is 1. The van der Waals surface area contributed by atoms with Crippen molar-refractivity contribution in [3.05, 3.63) is 64.1 Å². The van der Waals surface area contributed by atoms with Gasteiger partial charge in [-0.15, -0.1) is 0 Å². The third-order valence-corrected chi connectivity index (χ3v) is 7.13. The van der Waals surface area contributed by atoms with Crippen molar-refractivity contribution in [1.29, 1.82) is 0 Å². The number of pyridine rings is 1. The first-order chi connectivity index (χ1) is 15.6. The van der Waals surface area contributed by atoms with Crippen LogP contribution in [0.25, 0.3) is 10.9 Å². The van der Waals surface area contributed by atoms with Crippen molar-refractivity contribution in [2.24, 2.45) is 11.3 Å². The van der Waals surface area contributed by atoms with Gasteiger partial charge in [0.25, 0.3) is 0 Å². The molecule has 4 rings (SSSR count). The number of rotatable bonds is 8. The van der Waals surface area contributed by atoms with Crippen LogP contribution < -0.4 is 0 Å². The number of benzene rings is 1. The Kier molecular flexibility index (Phi) is 6.37. The molecule has 174 valence electrons. The van der Waals surface area contributed by atoms with Crippen LogP contribution in [0.4, 0.5) is 0 Å². The zero-order chi connectivity index (χ0) is 23.9. The van der Waals surface area contributed by atoms with Gasteiger partial charge in [-0.05, 0) is 61.9 Å². The van der Waals surface area contributed by atoms with Gasteiger partial charge in [0.15, 0.2) is 5.78 Å². The van der Waals surface area contributed by atoms with Gasteiger partial charge in [0.05, 0.1) is 5.41 Å². The molecule has 5 nitrogen and oxygen atoms in total. The van der Waals surface area contributed by atoms with Crippen LogP contribution in [0.3, 0.4) is 0 Å². The molecule has 0 atom stereocenters. The van der Waals surface area contributed by atoms with Crippen molar-refractivity contribution >= 4 is 34.3 Å². The molecule has 2 heterocycles. The lowest BCUT2D eigenvalue weighted by molar-refractivity contribution is -0.146. The van der Waals surface area contributed by atoms with Gasteiger partial charge in [0.1, 0.15) is 5.15 Å². The molecule has 0 saturated heterocycles. The largest absolute Gasteiger partial charge is 0.481 e. The van der Waals surface area contributed by atoms with Gasteiger partial charge in [-0.1, -0.05) is 44.0 Å². The number of carbonyl (C=O) groups is 2. The Labute approximate surface area is 199 Å². The third kappa shape index (κ3) is 4.56. The summed E-state index contributed by atoms with van der Waals surface area (Å²) in [7, 11) is 0. The zero-order valence-electron chi connectivity index (χ0n) is 19.7. The van der Waals surface area contributed by atoms with Crippen LogP contribution in [0.5, 0.6) is 0 Å². The normalized spacial score (nSPS) is 14.6. The molecule has 1 aromatic carbocycles. The minimum absolute atomic E-state index is 0.0237. The van der Waals surface area contributed by atoms with Crippen LogP contribution in [0.15, 0.2) is 36.5 Å². The maximum Gasteiger partial charge on any atom is 0.309 e. The Morgan fingerprint density at radius 1 is 1.21 bits per heavy atom. The number of aliphatic carboxylic acids is 1. The predicted octanol–water partition coefficient (Wildman–Crippen LogP) is 6.50. The minimum Gasteiger partial charge on any atom is -0.481 e. The van der Waals surface area contributed by atoms with Gasteiger partial charge in [-0.25, -0.2) is 4.98 Å². The second kappa shape index (κ2) is 8.94. The molecule has 0 radical (unpaired) electrons. The van der Waals surface area contributed by atoms with Crippen molar-refractivity contribution in [2.45, 2.75) is 65.8 Å². The first-order valence-electron chi connectivity index (χ1n) is 11.6. The molecule has 0 unspecified atom stereocenters. The van der Waals surface area contributed by atoms with Gasteiger partial charge in [0.2, 0.25) is 0 Å². The van der Waals surface area contributed by atoms with E-state index in [1.165, 1.54) is 5.56 Å². The Morgan fingerprint density at radius 2 is 1.94 bits per heavy atom. The van der Waals surface area contributed by atoms with E-state index in [4.69, 9.17) is 11.6 Å². The first kappa shape index (κ1) is 23.5. The maximum absolute atomic E-state index is 13.7. The molecule has 1 aliphatic rings. The van der Waals surface area contributed by atoms with Crippen LogP contribution in [-0.2, 0) is 17.8 Å². The van der Waals surface area contributed by atoms with E-state index in [0.717, 1.165) is 41.4 Å². The van der Waals surface area contributed by atoms with Crippen LogP contribution in [0.2, 0.25) is 5.15 Å². The number of aromatic nitrogens is 2. The first-order valence-corrected chi connectivity index (χ1v) is 12.0. The van der Waals surface area contributed by atoms with Gasteiger partial charge >= 0.3 is 5.97 Å². The SMILES string of the molecule is CC(C)c1ccc2c(c1)c(C(=O)C1CCC1)c(CC(C)(C)C(=O)O)n2Cc1ccc(Cl)nc1. The van der Waals surface area contributed by atoms with E-state index in [9.17, 15) is 14.7 Å². The summed E-state index contributed by atoms with van der Waals surface area (Å²) in [4.78, 5) is 30.0. The highest BCUT2D eigenvalue weighted by atomic mass is 35.5. The molecule has 0 aliphatic heterocycles. The number of hydrogen-bond acceptors (Lipinski definition) is 3. The number of hydrogen-bond donors (Lipinski definition) is 1. The fourth-order valence-electron chi connectivity index (χ4n) is 4.47. The quantitative estimate of drug-likeness (QED) is 0.304. The molecule has 3 aromatic rings. The molecule has 1 aliphatic carbocycles. The highest BCUT2D eigenvalue weighted by Gasteiger charge is 2.36. The lowest BCUT2D eigenvalue weighted by atomic mass is 9.78. The van der Waals surface area contributed by atoms with Crippen LogP contribution in [-0.4, -0.2) is 26.4 Å². The Morgan fingerprint density at radius 3 is 2.48 bits per heavy atom. The summed E-state index contributed by atoms with van der Waals surface area (Å²) in [6.45, 7) is 8.21. The Balaban J connectivity index is 1.97. The van der Waals surface area contributed by atoms with E-state index in [0.29, 0.717) is 23.2 Å². The summed E-state index contributed by atoms with van der Waals surface area (Å²) in [5.41, 5.74) is 3.55. The molecular formula is C27H31ClN2O3. The molecule has 33 heavy (non-hydrogen) atoms. The predicted molar refractivity (Wildman–Crippen MR) is 131 cm³/mol. The standard InChI is InChI=1S/C27H31ClN2O3/c1-16(2)19-9-10-21-20(12-19)24(25(31)18-6-5-7-18)22(13-27(3,4)26(32)33)30(21)15-17-8-11-23(28)29-14-17/h8-12,14,16,18H,5-7,13,15H2,1-4H3,(H,32,33). The van der Waals surface area contributed by atoms with Crippen molar-refractivity contribution in [3.8, 4) is 0 Å². The molecule has 1 saturated carbocycles. The van der Waals surface area contributed by atoms with Crippen molar-refractivity contribution in [1.82, 2.24) is 9.55 Å². The van der Waals surface area contributed by atoms with E-state index in [-0.39, 0.29) is 18.1 Å². The monoisotopic (exact) mass is 466 g/mol. The molecule has 0 spiro atoms. The fraction of sp³-hybridized carbons (Fsp3) is 0.444. The number of carboxylic acid groups (broad SMARTS) is 1. The van der Waals surface area contributed by atoms with E-state index in [1.54, 1.807) is 26.1 Å². The number of halogens is 1.